The predicted octanol–water partition coefficient (Wildman–Crippen LogP) is 3.49. The number of hydrogen-bond donors (Lipinski definition) is 1. The fraction of sp³-hybridized carbons (Fsp3) is 0.467. The van der Waals surface area contributed by atoms with E-state index in [-0.39, 0.29) is 11.4 Å². The van der Waals surface area contributed by atoms with Gasteiger partial charge in [0.05, 0.1) is 11.3 Å². The molecule has 3 rings (SSSR count). The molecule has 4 nitrogen and oxygen atoms in total. The zero-order valence-electron chi connectivity index (χ0n) is 11.9. The van der Waals surface area contributed by atoms with Gasteiger partial charge in [0, 0.05) is 4.90 Å². The zero-order chi connectivity index (χ0) is 14.7. The number of hydrogen-bond acceptors (Lipinski definition) is 5. The molecule has 1 aliphatic rings. The quantitative estimate of drug-likeness (QED) is 0.876. The van der Waals surface area contributed by atoms with Crippen LogP contribution in [0.15, 0.2) is 33.7 Å². The Morgan fingerprint density at radius 1 is 1.38 bits per heavy atom. The Bertz CT molecular complexity index is 610. The van der Waals surface area contributed by atoms with E-state index in [0.717, 1.165) is 19.4 Å². The van der Waals surface area contributed by atoms with E-state index in [4.69, 9.17) is 4.52 Å². The van der Waals surface area contributed by atoms with Crippen LogP contribution in [0.2, 0.25) is 0 Å². The van der Waals surface area contributed by atoms with Gasteiger partial charge in [-0.1, -0.05) is 17.3 Å². The van der Waals surface area contributed by atoms with Gasteiger partial charge in [0.2, 0.25) is 5.89 Å². The Labute approximate surface area is 127 Å². The highest BCUT2D eigenvalue weighted by Crippen LogP contribution is 2.30. The number of benzene rings is 1. The van der Waals surface area contributed by atoms with Crippen LogP contribution in [0.25, 0.3) is 0 Å². The van der Waals surface area contributed by atoms with E-state index >= 15 is 0 Å². The van der Waals surface area contributed by atoms with Gasteiger partial charge in [0.1, 0.15) is 5.82 Å². The first-order valence-electron chi connectivity index (χ1n) is 7.13. The van der Waals surface area contributed by atoms with Crippen LogP contribution in [-0.2, 0) is 11.3 Å². The average Bonchev–Trinajstić information content (AvgIpc) is 2.97. The van der Waals surface area contributed by atoms with Crippen molar-refractivity contribution in [1.29, 1.82) is 0 Å². The normalized spacial score (nSPS) is 22.4. The molecule has 0 amide bonds. The zero-order valence-corrected chi connectivity index (χ0v) is 12.8. The van der Waals surface area contributed by atoms with Crippen molar-refractivity contribution in [3.05, 3.63) is 41.8 Å². The Morgan fingerprint density at radius 2 is 2.24 bits per heavy atom. The van der Waals surface area contributed by atoms with Gasteiger partial charge in [-0.3, -0.25) is 0 Å². The summed E-state index contributed by atoms with van der Waals surface area (Å²) in [5, 5.41) is 7.46. The second kappa shape index (κ2) is 6.15. The number of piperidine rings is 1. The molecule has 112 valence electrons. The molecule has 0 radical (unpaired) electrons. The maximum absolute atomic E-state index is 13.6. The lowest BCUT2D eigenvalue weighted by Gasteiger charge is -2.31. The van der Waals surface area contributed by atoms with Crippen molar-refractivity contribution in [2.75, 3.05) is 6.54 Å². The Kier molecular flexibility index (Phi) is 4.26. The standard InChI is InChI=1S/C15H18FN3OS/c1-15(8-4-5-9-17-15)14-18-13(19-20-14)10-21-12-7-3-2-6-11(12)16/h2-3,6-7,17H,4-5,8-10H2,1H3. The molecule has 2 heterocycles. The minimum absolute atomic E-state index is 0.216. The van der Waals surface area contributed by atoms with Crippen LogP contribution in [0.1, 0.15) is 37.9 Å². The summed E-state index contributed by atoms with van der Waals surface area (Å²) in [6, 6.07) is 6.71. The molecule has 1 saturated heterocycles. The smallest absolute Gasteiger partial charge is 0.246 e. The third-order valence-corrected chi connectivity index (χ3v) is 4.80. The van der Waals surface area contributed by atoms with Gasteiger partial charge in [-0.2, -0.15) is 4.98 Å². The van der Waals surface area contributed by atoms with Crippen LogP contribution >= 0.6 is 11.8 Å². The first-order valence-corrected chi connectivity index (χ1v) is 8.11. The molecule has 0 spiro atoms. The molecule has 2 aromatic rings. The van der Waals surface area contributed by atoms with Gasteiger partial charge >= 0.3 is 0 Å². The summed E-state index contributed by atoms with van der Waals surface area (Å²) >= 11 is 1.38. The predicted molar refractivity (Wildman–Crippen MR) is 79.5 cm³/mol. The summed E-state index contributed by atoms with van der Waals surface area (Å²) in [7, 11) is 0. The van der Waals surface area contributed by atoms with Crippen LogP contribution in [0.3, 0.4) is 0 Å². The van der Waals surface area contributed by atoms with Crippen LogP contribution in [0.5, 0.6) is 0 Å². The third-order valence-electron chi connectivity index (χ3n) is 3.75. The van der Waals surface area contributed by atoms with E-state index in [1.54, 1.807) is 12.1 Å². The van der Waals surface area contributed by atoms with Crippen molar-refractivity contribution in [3.8, 4) is 0 Å². The summed E-state index contributed by atoms with van der Waals surface area (Å²) in [5.74, 6) is 1.52. The van der Waals surface area contributed by atoms with Crippen LogP contribution in [0, 0.1) is 5.82 Å². The molecular formula is C15H18FN3OS. The van der Waals surface area contributed by atoms with Crippen molar-refractivity contribution in [1.82, 2.24) is 15.5 Å². The minimum atomic E-state index is -0.230. The molecule has 6 heteroatoms. The van der Waals surface area contributed by atoms with E-state index < -0.39 is 0 Å². The molecule has 1 N–H and O–H groups in total. The van der Waals surface area contributed by atoms with Gasteiger partial charge in [0.25, 0.3) is 0 Å². The summed E-state index contributed by atoms with van der Waals surface area (Å²) < 4.78 is 18.9. The highest BCUT2D eigenvalue weighted by atomic mass is 32.2. The molecule has 1 aliphatic heterocycles. The van der Waals surface area contributed by atoms with Gasteiger partial charge < -0.3 is 9.84 Å². The van der Waals surface area contributed by atoms with Crippen LogP contribution in [0.4, 0.5) is 4.39 Å². The monoisotopic (exact) mass is 307 g/mol. The fourth-order valence-electron chi connectivity index (χ4n) is 2.48. The van der Waals surface area contributed by atoms with E-state index in [1.807, 2.05) is 6.07 Å². The lowest BCUT2D eigenvalue weighted by atomic mass is 9.91. The molecule has 1 fully saturated rings. The molecule has 21 heavy (non-hydrogen) atoms. The molecule has 1 unspecified atom stereocenters. The second-order valence-electron chi connectivity index (χ2n) is 5.45. The Morgan fingerprint density at radius 3 is 3.00 bits per heavy atom. The van der Waals surface area contributed by atoms with Crippen molar-refractivity contribution < 1.29 is 8.91 Å². The van der Waals surface area contributed by atoms with Gasteiger partial charge in [0.15, 0.2) is 5.82 Å². The molecule has 0 bridgehead atoms. The molecule has 1 aromatic carbocycles. The first-order chi connectivity index (χ1) is 10.2. The molecule has 1 aromatic heterocycles. The molecule has 0 saturated carbocycles. The van der Waals surface area contributed by atoms with E-state index in [0.29, 0.717) is 22.4 Å². The van der Waals surface area contributed by atoms with Crippen LogP contribution in [-0.4, -0.2) is 16.7 Å². The average molecular weight is 307 g/mol. The van der Waals surface area contributed by atoms with Crippen LogP contribution < -0.4 is 5.32 Å². The maximum atomic E-state index is 13.6. The lowest BCUT2D eigenvalue weighted by Crippen LogP contribution is -2.43. The number of halogens is 1. The molecule has 0 aliphatic carbocycles. The number of aromatic nitrogens is 2. The summed E-state index contributed by atoms with van der Waals surface area (Å²) in [4.78, 5) is 5.07. The third kappa shape index (κ3) is 3.27. The topological polar surface area (TPSA) is 51.0 Å². The summed E-state index contributed by atoms with van der Waals surface area (Å²) in [6.07, 6.45) is 3.33. The van der Waals surface area contributed by atoms with E-state index in [2.05, 4.69) is 22.4 Å². The number of thioether (sulfide) groups is 1. The highest BCUT2D eigenvalue weighted by Gasteiger charge is 2.34. The highest BCUT2D eigenvalue weighted by molar-refractivity contribution is 7.98. The summed E-state index contributed by atoms with van der Waals surface area (Å²) in [5.41, 5.74) is -0.230. The second-order valence-corrected chi connectivity index (χ2v) is 6.47. The Hall–Kier alpha value is -1.40. The number of nitrogens with zero attached hydrogens (tertiary/aromatic N) is 2. The SMILES string of the molecule is CC1(c2nc(CSc3ccccc3F)no2)CCCCN1. The van der Waals surface area contributed by atoms with E-state index in [9.17, 15) is 4.39 Å². The van der Waals surface area contributed by atoms with Crippen molar-refractivity contribution >= 4 is 11.8 Å². The van der Waals surface area contributed by atoms with Gasteiger partial charge in [-0.15, -0.1) is 11.8 Å². The largest absolute Gasteiger partial charge is 0.337 e. The maximum Gasteiger partial charge on any atom is 0.246 e. The molecular weight excluding hydrogens is 289 g/mol. The van der Waals surface area contributed by atoms with Crippen molar-refractivity contribution in [3.63, 3.8) is 0 Å². The molecule has 1 atom stereocenters. The van der Waals surface area contributed by atoms with Crippen molar-refractivity contribution in [2.45, 2.75) is 42.4 Å². The van der Waals surface area contributed by atoms with Gasteiger partial charge in [-0.25, -0.2) is 4.39 Å². The van der Waals surface area contributed by atoms with Gasteiger partial charge in [-0.05, 0) is 44.9 Å². The lowest BCUT2D eigenvalue weighted by molar-refractivity contribution is 0.206. The van der Waals surface area contributed by atoms with E-state index in [1.165, 1.54) is 24.2 Å². The number of rotatable bonds is 4. The minimum Gasteiger partial charge on any atom is -0.337 e. The fourth-order valence-corrected chi connectivity index (χ4v) is 3.26. The Balaban J connectivity index is 1.67. The van der Waals surface area contributed by atoms with Crippen molar-refractivity contribution in [2.24, 2.45) is 0 Å². The first kappa shape index (κ1) is 14.5. The number of nitrogens with one attached hydrogen (secondary N) is 1. The summed E-state index contributed by atoms with van der Waals surface area (Å²) in [6.45, 7) is 3.06.